The minimum atomic E-state index is -3.39. The zero-order chi connectivity index (χ0) is 24.1. The molecule has 33 heavy (non-hydrogen) atoms. The topological polar surface area (TPSA) is 72.2 Å². The Kier molecular flexibility index (Phi) is 5.94. The quantitative estimate of drug-likeness (QED) is 0.368. The van der Waals surface area contributed by atoms with E-state index in [9.17, 15) is 22.3 Å². The number of hydrogen-bond acceptors (Lipinski definition) is 5. The minimum absolute atomic E-state index is 0.0587. The molecule has 0 aliphatic rings. The highest BCUT2D eigenvalue weighted by atomic mass is 35.5. The van der Waals surface area contributed by atoms with E-state index in [0.717, 1.165) is 27.9 Å². The van der Waals surface area contributed by atoms with Gasteiger partial charge in [-0.25, -0.2) is 21.9 Å². The zero-order valence-corrected chi connectivity index (χ0v) is 20.2. The van der Waals surface area contributed by atoms with E-state index in [-0.39, 0.29) is 21.3 Å². The molecule has 0 atom stereocenters. The minimum Gasteiger partial charge on any atom is -0.384 e. The first-order valence-electron chi connectivity index (χ1n) is 9.74. The van der Waals surface area contributed by atoms with Crippen LogP contribution >= 0.6 is 22.9 Å². The summed E-state index contributed by atoms with van der Waals surface area (Å²) in [6.07, 6.45) is 1.13. The second kappa shape index (κ2) is 8.32. The Labute approximate surface area is 198 Å². The molecule has 2 aromatic heterocycles. The lowest BCUT2D eigenvalue weighted by Gasteiger charge is -2.14. The third-order valence-electron chi connectivity index (χ3n) is 4.94. The van der Waals surface area contributed by atoms with Crippen molar-refractivity contribution in [3.05, 3.63) is 76.9 Å². The molecule has 5 nitrogen and oxygen atoms in total. The fraction of sp³-hybridized carbons (Fsp3) is 0.174. The number of halogens is 3. The molecule has 2 aromatic carbocycles. The van der Waals surface area contributed by atoms with Gasteiger partial charge in [-0.15, -0.1) is 11.3 Å². The largest absolute Gasteiger partial charge is 0.384 e. The first kappa shape index (κ1) is 23.6. The average Bonchev–Trinajstić information content (AvgIpc) is 3.32. The highest BCUT2D eigenvalue weighted by molar-refractivity contribution is 7.90. The van der Waals surface area contributed by atoms with E-state index in [1.165, 1.54) is 37.3 Å². The van der Waals surface area contributed by atoms with E-state index in [1.54, 1.807) is 30.3 Å². The van der Waals surface area contributed by atoms with E-state index < -0.39 is 32.8 Å². The van der Waals surface area contributed by atoms with Crippen molar-refractivity contribution in [1.82, 2.24) is 9.78 Å². The van der Waals surface area contributed by atoms with Crippen LogP contribution in [0, 0.1) is 11.6 Å². The first-order chi connectivity index (χ1) is 15.4. The van der Waals surface area contributed by atoms with Gasteiger partial charge in [-0.1, -0.05) is 29.8 Å². The number of aromatic nitrogens is 2. The highest BCUT2D eigenvalue weighted by Crippen LogP contribution is 2.43. The summed E-state index contributed by atoms with van der Waals surface area (Å²) in [4.78, 5) is 1.43. The summed E-state index contributed by atoms with van der Waals surface area (Å²) >= 11 is 7.83. The molecule has 4 aromatic rings. The van der Waals surface area contributed by atoms with Gasteiger partial charge in [0.1, 0.15) is 22.7 Å². The standard InChI is InChI=1S/C23H19ClF2N2O3S2/c1-23(2,29)22-19(24)21(28(27-22)20-15(25)8-5-9-16(20)26)18-11-10-17(32-18)13-6-4-7-14(12-13)33(3,30)31/h4-12,29H,1-3H3. The third-order valence-corrected chi connectivity index (χ3v) is 7.55. The Morgan fingerprint density at radius 2 is 1.64 bits per heavy atom. The Bertz CT molecular complexity index is 1450. The number of nitrogens with zero attached hydrogens (tertiary/aromatic N) is 2. The Hall–Kier alpha value is -2.59. The molecular formula is C23H19ClF2N2O3S2. The monoisotopic (exact) mass is 508 g/mol. The summed E-state index contributed by atoms with van der Waals surface area (Å²) in [5.74, 6) is -1.68. The van der Waals surface area contributed by atoms with E-state index in [2.05, 4.69) is 5.10 Å². The summed E-state index contributed by atoms with van der Waals surface area (Å²) in [5, 5.41) is 14.8. The summed E-state index contributed by atoms with van der Waals surface area (Å²) in [6, 6.07) is 13.4. The van der Waals surface area contributed by atoms with Gasteiger partial charge in [-0.2, -0.15) is 5.10 Å². The van der Waals surface area contributed by atoms with E-state index >= 15 is 0 Å². The average molecular weight is 509 g/mol. The van der Waals surface area contributed by atoms with Gasteiger partial charge in [-0.3, -0.25) is 0 Å². The molecular weight excluding hydrogens is 490 g/mol. The number of para-hydroxylation sites is 1. The van der Waals surface area contributed by atoms with Crippen molar-refractivity contribution in [2.24, 2.45) is 0 Å². The highest BCUT2D eigenvalue weighted by Gasteiger charge is 2.31. The number of hydrogen-bond donors (Lipinski definition) is 1. The second-order valence-corrected chi connectivity index (χ2v) is 11.5. The summed E-state index contributed by atoms with van der Waals surface area (Å²) in [5.41, 5.74) is -0.942. The van der Waals surface area contributed by atoms with Crippen LogP contribution in [0.3, 0.4) is 0 Å². The van der Waals surface area contributed by atoms with E-state index in [0.29, 0.717) is 10.4 Å². The lowest BCUT2D eigenvalue weighted by Crippen LogP contribution is -2.17. The molecule has 172 valence electrons. The molecule has 0 radical (unpaired) electrons. The van der Waals surface area contributed by atoms with Gasteiger partial charge in [0.05, 0.1) is 14.8 Å². The number of thiophene rings is 1. The molecule has 1 N–H and O–H groups in total. The van der Waals surface area contributed by atoms with Crippen molar-refractivity contribution in [2.45, 2.75) is 24.3 Å². The van der Waals surface area contributed by atoms with Crippen LogP contribution in [0.25, 0.3) is 26.7 Å². The van der Waals surface area contributed by atoms with Gasteiger partial charge in [0.25, 0.3) is 0 Å². The van der Waals surface area contributed by atoms with Crippen molar-refractivity contribution < 1.29 is 22.3 Å². The van der Waals surface area contributed by atoms with Crippen molar-refractivity contribution in [2.75, 3.05) is 6.26 Å². The number of benzene rings is 2. The Morgan fingerprint density at radius 1 is 1.03 bits per heavy atom. The maximum absolute atomic E-state index is 14.6. The van der Waals surface area contributed by atoms with E-state index in [1.807, 2.05) is 0 Å². The third kappa shape index (κ3) is 4.46. The molecule has 0 fully saturated rings. The molecule has 0 aliphatic heterocycles. The predicted molar refractivity (Wildman–Crippen MR) is 126 cm³/mol. The smallest absolute Gasteiger partial charge is 0.175 e. The van der Waals surface area contributed by atoms with Crippen LogP contribution in [0.2, 0.25) is 5.02 Å². The number of rotatable bonds is 5. The predicted octanol–water partition coefficient (Wildman–Crippen LogP) is 5.83. The Balaban J connectivity index is 1.93. The SMILES string of the molecule is CC(C)(O)c1nn(-c2c(F)cccc2F)c(-c2ccc(-c3cccc(S(C)(=O)=O)c3)s2)c1Cl. The van der Waals surface area contributed by atoms with Gasteiger partial charge in [0.2, 0.25) is 0 Å². The molecule has 10 heteroatoms. The molecule has 0 amide bonds. The lowest BCUT2D eigenvalue weighted by atomic mass is 10.1. The second-order valence-electron chi connectivity index (χ2n) is 8.02. The van der Waals surface area contributed by atoms with Gasteiger partial charge >= 0.3 is 0 Å². The molecule has 0 aliphatic carbocycles. The van der Waals surface area contributed by atoms with Crippen molar-refractivity contribution in [3.8, 4) is 26.7 Å². The van der Waals surface area contributed by atoms with Gasteiger partial charge < -0.3 is 5.11 Å². The van der Waals surface area contributed by atoms with Crippen molar-refractivity contribution in [3.63, 3.8) is 0 Å². The lowest BCUT2D eigenvalue weighted by molar-refractivity contribution is 0.0735. The number of sulfone groups is 1. The molecule has 2 heterocycles. The number of aliphatic hydroxyl groups is 1. The molecule has 0 unspecified atom stereocenters. The summed E-state index contributed by atoms with van der Waals surface area (Å²) in [6.45, 7) is 2.95. The van der Waals surface area contributed by atoms with Gasteiger partial charge in [0.15, 0.2) is 21.5 Å². The Morgan fingerprint density at radius 3 is 2.24 bits per heavy atom. The summed E-state index contributed by atoms with van der Waals surface area (Å²) in [7, 11) is -3.39. The van der Waals surface area contributed by atoms with Crippen molar-refractivity contribution >= 4 is 32.8 Å². The molecule has 0 spiro atoms. The van der Waals surface area contributed by atoms with Crippen LogP contribution in [0.15, 0.2) is 59.5 Å². The van der Waals surface area contributed by atoms with Crippen LogP contribution in [-0.4, -0.2) is 29.6 Å². The van der Waals surface area contributed by atoms with Gasteiger partial charge in [0, 0.05) is 11.1 Å². The first-order valence-corrected chi connectivity index (χ1v) is 12.8. The molecule has 0 bridgehead atoms. The van der Waals surface area contributed by atoms with Gasteiger partial charge in [-0.05, 0) is 55.8 Å². The summed E-state index contributed by atoms with van der Waals surface area (Å²) < 4.78 is 54.2. The van der Waals surface area contributed by atoms with Crippen LogP contribution < -0.4 is 0 Å². The molecule has 0 saturated carbocycles. The molecule has 0 saturated heterocycles. The van der Waals surface area contributed by atoms with Crippen LogP contribution in [0.1, 0.15) is 19.5 Å². The normalized spacial score (nSPS) is 12.3. The molecule has 4 rings (SSSR count). The maximum atomic E-state index is 14.6. The van der Waals surface area contributed by atoms with Crippen LogP contribution in [0.4, 0.5) is 8.78 Å². The van der Waals surface area contributed by atoms with Crippen molar-refractivity contribution in [1.29, 1.82) is 0 Å². The maximum Gasteiger partial charge on any atom is 0.175 e. The van der Waals surface area contributed by atoms with Crippen LogP contribution in [-0.2, 0) is 15.4 Å². The fourth-order valence-corrected chi connectivity index (χ4v) is 5.57. The van der Waals surface area contributed by atoms with E-state index in [4.69, 9.17) is 11.6 Å². The fourth-order valence-electron chi connectivity index (χ4n) is 3.36. The zero-order valence-electron chi connectivity index (χ0n) is 17.8. The van der Waals surface area contributed by atoms with Crippen LogP contribution in [0.5, 0.6) is 0 Å².